The molecule has 0 saturated heterocycles. The zero-order valence-corrected chi connectivity index (χ0v) is 12.8. The van der Waals surface area contributed by atoms with Gasteiger partial charge in [0.1, 0.15) is 0 Å². The van der Waals surface area contributed by atoms with E-state index in [9.17, 15) is 0 Å². The summed E-state index contributed by atoms with van der Waals surface area (Å²) >= 11 is 0. The summed E-state index contributed by atoms with van der Waals surface area (Å²) in [5, 5.41) is 0. The van der Waals surface area contributed by atoms with E-state index in [0.717, 1.165) is 11.8 Å². The summed E-state index contributed by atoms with van der Waals surface area (Å²) in [7, 11) is 1.85. The number of hydrogen-bond donors (Lipinski definition) is 0. The number of methoxy groups -OCH3 is 1. The van der Waals surface area contributed by atoms with Crippen LogP contribution in [0, 0.1) is 11.8 Å². The van der Waals surface area contributed by atoms with Crippen LogP contribution in [0.25, 0.3) is 0 Å². The van der Waals surface area contributed by atoms with Crippen molar-refractivity contribution in [2.45, 2.75) is 85.2 Å². The van der Waals surface area contributed by atoms with Crippen LogP contribution in [0.4, 0.5) is 0 Å². The van der Waals surface area contributed by atoms with Crippen molar-refractivity contribution in [2.24, 2.45) is 11.8 Å². The summed E-state index contributed by atoms with van der Waals surface area (Å²) in [4.78, 5) is 0. The van der Waals surface area contributed by atoms with Gasteiger partial charge in [-0.25, -0.2) is 0 Å². The predicted octanol–water partition coefficient (Wildman–Crippen LogP) is 5.43. The minimum Gasteiger partial charge on any atom is -0.381 e. The third-order valence-electron chi connectivity index (χ3n) is 4.06. The van der Waals surface area contributed by atoms with E-state index in [4.69, 9.17) is 4.74 Å². The first-order valence-electron chi connectivity index (χ1n) is 7.72. The summed E-state index contributed by atoms with van der Waals surface area (Å²) in [5.74, 6) is 1.86. The maximum absolute atomic E-state index is 5.41. The lowest BCUT2D eigenvalue weighted by Gasteiger charge is -2.33. The summed E-state index contributed by atoms with van der Waals surface area (Å²) in [5.41, 5.74) is 0. The predicted molar refractivity (Wildman–Crippen MR) is 77.4 cm³/mol. The van der Waals surface area contributed by atoms with Crippen molar-refractivity contribution in [3.63, 3.8) is 0 Å². The maximum Gasteiger partial charge on any atom is 0.0574 e. The third kappa shape index (κ3) is 7.81. The Morgan fingerprint density at radius 3 is 2.06 bits per heavy atom. The highest BCUT2D eigenvalue weighted by Crippen LogP contribution is 2.34. The molecule has 0 aromatic carbocycles. The van der Waals surface area contributed by atoms with E-state index in [0.29, 0.717) is 6.10 Å². The minimum absolute atomic E-state index is 0.549. The number of unbranched alkanes of at least 4 members (excludes halogenated alkanes) is 2. The zero-order valence-electron chi connectivity index (χ0n) is 12.8. The molecule has 0 heterocycles. The van der Waals surface area contributed by atoms with Gasteiger partial charge < -0.3 is 4.74 Å². The van der Waals surface area contributed by atoms with Crippen molar-refractivity contribution in [2.75, 3.05) is 7.11 Å². The molecule has 1 saturated carbocycles. The summed E-state index contributed by atoms with van der Waals surface area (Å²) in [6, 6.07) is 0. The highest BCUT2D eigenvalue weighted by atomic mass is 16.5. The first-order valence-corrected chi connectivity index (χ1v) is 7.72. The first kappa shape index (κ1) is 17.0. The van der Waals surface area contributed by atoms with Gasteiger partial charge in [-0.1, -0.05) is 59.8 Å². The molecule has 0 aliphatic heterocycles. The fraction of sp³-hybridized carbons (Fsp3) is 1.00. The molecule has 0 aromatic heterocycles. The van der Waals surface area contributed by atoms with Crippen LogP contribution in [0.3, 0.4) is 0 Å². The van der Waals surface area contributed by atoms with Crippen LogP contribution in [0.5, 0.6) is 0 Å². The normalized spacial score (nSPS) is 28.4. The summed E-state index contributed by atoms with van der Waals surface area (Å²) in [6.07, 6.45) is 11.3. The fourth-order valence-electron chi connectivity index (χ4n) is 2.52. The van der Waals surface area contributed by atoms with Gasteiger partial charge in [0.15, 0.2) is 0 Å². The average molecular weight is 242 g/mol. The van der Waals surface area contributed by atoms with Gasteiger partial charge >= 0.3 is 0 Å². The van der Waals surface area contributed by atoms with Gasteiger partial charge in [-0.05, 0) is 31.1 Å². The molecule has 3 unspecified atom stereocenters. The molecule has 0 amide bonds. The molecule has 1 heteroatoms. The molecular formula is C16H34O. The van der Waals surface area contributed by atoms with Crippen molar-refractivity contribution in [3.05, 3.63) is 0 Å². The maximum atomic E-state index is 5.41. The van der Waals surface area contributed by atoms with Crippen LogP contribution in [-0.2, 0) is 4.74 Å². The molecule has 1 aliphatic carbocycles. The molecular weight excluding hydrogens is 208 g/mol. The second-order valence-electron chi connectivity index (χ2n) is 5.55. The molecule has 1 fully saturated rings. The van der Waals surface area contributed by atoms with Crippen LogP contribution < -0.4 is 0 Å². The van der Waals surface area contributed by atoms with Crippen LogP contribution in [0.2, 0.25) is 0 Å². The van der Waals surface area contributed by atoms with E-state index in [1.54, 1.807) is 0 Å². The Balaban J connectivity index is 0.000000557. The molecule has 1 rings (SSSR count). The molecule has 0 spiro atoms. The van der Waals surface area contributed by atoms with Crippen LogP contribution in [0.15, 0.2) is 0 Å². The highest BCUT2D eigenvalue weighted by molar-refractivity contribution is 4.77. The summed E-state index contributed by atoms with van der Waals surface area (Å²) < 4.78 is 5.41. The van der Waals surface area contributed by atoms with Crippen LogP contribution in [0.1, 0.15) is 79.1 Å². The molecule has 0 N–H and O–H groups in total. The van der Waals surface area contributed by atoms with Gasteiger partial charge in [0.2, 0.25) is 0 Å². The molecule has 1 aliphatic rings. The molecule has 17 heavy (non-hydrogen) atoms. The van der Waals surface area contributed by atoms with Gasteiger partial charge in [-0.2, -0.15) is 0 Å². The molecule has 0 radical (unpaired) electrons. The van der Waals surface area contributed by atoms with Crippen molar-refractivity contribution in [3.8, 4) is 0 Å². The number of ether oxygens (including phenoxy) is 1. The Labute approximate surface area is 109 Å². The average Bonchev–Trinajstić information content (AvgIpc) is 2.37. The quantitative estimate of drug-likeness (QED) is 0.624. The van der Waals surface area contributed by atoms with E-state index in [2.05, 4.69) is 27.7 Å². The Kier molecular flexibility index (Phi) is 11.0. The van der Waals surface area contributed by atoms with Crippen LogP contribution >= 0.6 is 0 Å². The fourth-order valence-corrected chi connectivity index (χ4v) is 2.52. The van der Waals surface area contributed by atoms with Crippen molar-refractivity contribution >= 4 is 0 Å². The Bertz CT molecular complexity index is 154. The Morgan fingerprint density at radius 1 is 1.00 bits per heavy atom. The van der Waals surface area contributed by atoms with E-state index >= 15 is 0 Å². The van der Waals surface area contributed by atoms with Gasteiger partial charge in [0, 0.05) is 7.11 Å². The topological polar surface area (TPSA) is 9.23 Å². The van der Waals surface area contributed by atoms with E-state index < -0.39 is 0 Å². The third-order valence-corrected chi connectivity index (χ3v) is 4.06. The van der Waals surface area contributed by atoms with Crippen molar-refractivity contribution < 1.29 is 4.74 Å². The van der Waals surface area contributed by atoms with Crippen molar-refractivity contribution in [1.29, 1.82) is 0 Å². The Morgan fingerprint density at radius 2 is 1.65 bits per heavy atom. The van der Waals surface area contributed by atoms with Gasteiger partial charge in [0.25, 0.3) is 0 Å². The lowest BCUT2D eigenvalue weighted by Crippen LogP contribution is -2.27. The number of hydrogen-bond acceptors (Lipinski definition) is 1. The van der Waals surface area contributed by atoms with E-state index in [1.165, 1.54) is 51.4 Å². The lowest BCUT2D eigenvalue weighted by molar-refractivity contribution is 0.0310. The Hall–Kier alpha value is -0.0400. The first-order chi connectivity index (χ1) is 8.19. The largest absolute Gasteiger partial charge is 0.381 e. The zero-order chi connectivity index (χ0) is 13.1. The summed E-state index contributed by atoms with van der Waals surface area (Å²) in [6.45, 7) is 9.04. The molecule has 104 valence electrons. The smallest absolute Gasteiger partial charge is 0.0574 e. The van der Waals surface area contributed by atoms with Crippen LogP contribution in [-0.4, -0.2) is 13.2 Å². The molecule has 0 bridgehead atoms. The van der Waals surface area contributed by atoms with Gasteiger partial charge in [-0.15, -0.1) is 0 Å². The second kappa shape index (κ2) is 11.1. The van der Waals surface area contributed by atoms with Gasteiger partial charge in [-0.3, -0.25) is 0 Å². The van der Waals surface area contributed by atoms with E-state index in [1.807, 2.05) is 7.11 Å². The lowest BCUT2D eigenvalue weighted by atomic mass is 9.76. The SMILES string of the molecule is CCCC.CCCCC1CCC(OC)CC1C. The standard InChI is InChI=1S/C12H24O.C4H10/c1-4-5-6-11-7-8-12(13-3)9-10(11)2;1-3-4-2/h10-12H,4-9H2,1-3H3;3-4H2,1-2H3. The van der Waals surface area contributed by atoms with Crippen molar-refractivity contribution in [1.82, 2.24) is 0 Å². The molecule has 1 nitrogen and oxygen atoms in total. The monoisotopic (exact) mass is 242 g/mol. The highest BCUT2D eigenvalue weighted by Gasteiger charge is 2.26. The van der Waals surface area contributed by atoms with E-state index in [-0.39, 0.29) is 0 Å². The molecule has 3 atom stereocenters. The molecule has 0 aromatic rings. The second-order valence-corrected chi connectivity index (χ2v) is 5.55. The van der Waals surface area contributed by atoms with Gasteiger partial charge in [0.05, 0.1) is 6.10 Å². The minimum atomic E-state index is 0.549. The number of rotatable bonds is 5.